The van der Waals surface area contributed by atoms with Gasteiger partial charge in [0.05, 0.1) is 5.41 Å². The first-order valence-electron chi connectivity index (χ1n) is 15.3. The number of anilines is 2. The van der Waals surface area contributed by atoms with Crippen LogP contribution in [0.2, 0.25) is 0 Å². The van der Waals surface area contributed by atoms with Gasteiger partial charge in [-0.2, -0.15) is 0 Å². The second-order valence-electron chi connectivity index (χ2n) is 11.8. The summed E-state index contributed by atoms with van der Waals surface area (Å²) in [6.45, 7) is 0. The third-order valence-corrected chi connectivity index (χ3v) is 9.49. The summed E-state index contributed by atoms with van der Waals surface area (Å²) in [4.78, 5) is 0. The molecular formula is C43H29N. The van der Waals surface area contributed by atoms with Gasteiger partial charge in [-0.1, -0.05) is 146 Å². The number of hydrogen-bond donors (Lipinski definition) is 1. The van der Waals surface area contributed by atoms with Crippen molar-refractivity contribution in [3.05, 3.63) is 192 Å². The van der Waals surface area contributed by atoms with E-state index in [9.17, 15) is 0 Å². The lowest BCUT2D eigenvalue weighted by molar-refractivity contribution is 0.769. The van der Waals surface area contributed by atoms with Gasteiger partial charge in [0, 0.05) is 11.4 Å². The summed E-state index contributed by atoms with van der Waals surface area (Å²) < 4.78 is 0. The van der Waals surface area contributed by atoms with Crippen molar-refractivity contribution in [1.82, 2.24) is 0 Å². The van der Waals surface area contributed by atoms with Crippen LogP contribution >= 0.6 is 0 Å². The molecule has 0 saturated heterocycles. The molecule has 0 fully saturated rings. The Morgan fingerprint density at radius 2 is 0.773 bits per heavy atom. The zero-order valence-electron chi connectivity index (χ0n) is 24.2. The number of rotatable bonds is 4. The van der Waals surface area contributed by atoms with E-state index in [0.717, 1.165) is 11.4 Å². The van der Waals surface area contributed by atoms with Gasteiger partial charge >= 0.3 is 0 Å². The van der Waals surface area contributed by atoms with E-state index in [2.05, 4.69) is 175 Å². The molecule has 0 bridgehead atoms. The Bertz CT molecular complexity index is 2280. The van der Waals surface area contributed by atoms with Crippen LogP contribution in [-0.4, -0.2) is 0 Å². The first-order valence-corrected chi connectivity index (χ1v) is 15.3. The maximum Gasteiger partial charge on any atom is 0.0714 e. The summed E-state index contributed by atoms with van der Waals surface area (Å²) in [5.74, 6) is 0. The van der Waals surface area contributed by atoms with E-state index in [1.807, 2.05) is 0 Å². The molecule has 8 aromatic rings. The van der Waals surface area contributed by atoms with Gasteiger partial charge in [-0.15, -0.1) is 0 Å². The molecule has 1 nitrogen and oxygen atoms in total. The van der Waals surface area contributed by atoms with Gasteiger partial charge in [-0.05, 0) is 90.0 Å². The highest BCUT2D eigenvalue weighted by molar-refractivity contribution is 6.25. The molecular weight excluding hydrogens is 530 g/mol. The number of nitrogens with one attached hydrogen (secondary N) is 1. The second kappa shape index (κ2) is 9.69. The van der Waals surface area contributed by atoms with Crippen LogP contribution in [-0.2, 0) is 5.41 Å². The maximum atomic E-state index is 3.81. The fourth-order valence-electron chi connectivity index (χ4n) is 7.67. The third-order valence-electron chi connectivity index (χ3n) is 9.49. The largest absolute Gasteiger partial charge is 0.355 e. The molecule has 0 heterocycles. The van der Waals surface area contributed by atoms with Crippen LogP contribution in [0.1, 0.15) is 22.3 Å². The highest BCUT2D eigenvalue weighted by Crippen LogP contribution is 2.56. The molecule has 1 aliphatic rings. The topological polar surface area (TPSA) is 12.0 Å². The van der Waals surface area contributed by atoms with Gasteiger partial charge in [0.2, 0.25) is 0 Å². The zero-order valence-corrected chi connectivity index (χ0v) is 24.2. The van der Waals surface area contributed by atoms with E-state index in [1.54, 1.807) is 0 Å². The zero-order chi connectivity index (χ0) is 29.1. The highest BCUT2D eigenvalue weighted by Gasteiger charge is 2.46. The molecule has 0 atom stereocenters. The molecule has 1 heteroatoms. The lowest BCUT2D eigenvalue weighted by atomic mass is 9.67. The van der Waals surface area contributed by atoms with Gasteiger partial charge in [-0.25, -0.2) is 0 Å². The summed E-state index contributed by atoms with van der Waals surface area (Å²) in [5, 5.41) is 11.5. The molecule has 9 rings (SSSR count). The van der Waals surface area contributed by atoms with Crippen LogP contribution < -0.4 is 5.32 Å². The number of benzene rings is 8. The minimum absolute atomic E-state index is 0.412. The first-order chi connectivity index (χ1) is 21.8. The normalized spacial score (nSPS) is 13.2. The summed E-state index contributed by atoms with van der Waals surface area (Å²) in [6, 6.07) is 62.1. The van der Waals surface area contributed by atoms with E-state index in [1.165, 1.54) is 65.7 Å². The van der Waals surface area contributed by atoms with Crippen molar-refractivity contribution in [3.63, 3.8) is 0 Å². The van der Waals surface area contributed by atoms with Crippen LogP contribution in [0.25, 0.3) is 43.4 Å². The predicted octanol–water partition coefficient (Wildman–Crippen LogP) is 11.3. The molecule has 1 aliphatic carbocycles. The van der Waals surface area contributed by atoms with Crippen LogP contribution in [0.3, 0.4) is 0 Å². The molecule has 0 aliphatic heterocycles. The summed E-state index contributed by atoms with van der Waals surface area (Å²) in [6.07, 6.45) is 0. The van der Waals surface area contributed by atoms with Crippen LogP contribution in [0.5, 0.6) is 0 Å². The average Bonchev–Trinajstić information content (AvgIpc) is 3.39. The van der Waals surface area contributed by atoms with Crippen molar-refractivity contribution in [1.29, 1.82) is 0 Å². The molecule has 1 N–H and O–H groups in total. The Morgan fingerprint density at radius 3 is 1.41 bits per heavy atom. The van der Waals surface area contributed by atoms with Crippen molar-refractivity contribution < 1.29 is 0 Å². The fourth-order valence-corrected chi connectivity index (χ4v) is 7.67. The summed E-state index contributed by atoms with van der Waals surface area (Å²) in [7, 11) is 0. The smallest absolute Gasteiger partial charge is 0.0714 e. The average molecular weight is 560 g/mol. The van der Waals surface area contributed by atoms with E-state index < -0.39 is 5.41 Å². The van der Waals surface area contributed by atoms with Gasteiger partial charge in [0.15, 0.2) is 0 Å². The number of fused-ring (bicyclic) bond motifs is 9. The Hall–Kier alpha value is -5.66. The molecule has 8 aromatic carbocycles. The monoisotopic (exact) mass is 559 g/mol. The van der Waals surface area contributed by atoms with Gasteiger partial charge in [-0.3, -0.25) is 0 Å². The van der Waals surface area contributed by atoms with Gasteiger partial charge < -0.3 is 5.32 Å². The van der Waals surface area contributed by atoms with Crippen molar-refractivity contribution in [2.75, 3.05) is 5.32 Å². The summed E-state index contributed by atoms with van der Waals surface area (Å²) >= 11 is 0. The van der Waals surface area contributed by atoms with E-state index in [0.29, 0.717) is 0 Å². The van der Waals surface area contributed by atoms with Crippen LogP contribution in [0, 0.1) is 0 Å². The summed E-state index contributed by atoms with van der Waals surface area (Å²) in [5.41, 5.74) is 9.52. The Balaban J connectivity index is 1.24. The van der Waals surface area contributed by atoms with Crippen LogP contribution in [0.4, 0.5) is 11.4 Å². The maximum absolute atomic E-state index is 3.81. The standard InChI is InChI=1S/C43H29N/c1-3-13-29(14-4-1)43(30-15-5-2-6-16-30)41-22-12-11-21-38(41)39-26-24-32(28-42(39)43)44-31-23-25-37-35-19-8-7-17-33(35)34-18-9-10-20-36(34)40(37)27-31/h1-28,44H. The van der Waals surface area contributed by atoms with E-state index in [-0.39, 0.29) is 0 Å². The fraction of sp³-hybridized carbons (Fsp3) is 0.0233. The van der Waals surface area contributed by atoms with Crippen LogP contribution in [0.15, 0.2) is 170 Å². The molecule has 0 radical (unpaired) electrons. The molecule has 0 spiro atoms. The van der Waals surface area contributed by atoms with E-state index >= 15 is 0 Å². The third kappa shape index (κ3) is 3.53. The minimum atomic E-state index is -0.412. The minimum Gasteiger partial charge on any atom is -0.355 e. The molecule has 0 saturated carbocycles. The molecule has 0 amide bonds. The second-order valence-corrected chi connectivity index (χ2v) is 11.8. The van der Waals surface area contributed by atoms with E-state index in [4.69, 9.17) is 0 Å². The number of hydrogen-bond acceptors (Lipinski definition) is 1. The van der Waals surface area contributed by atoms with Crippen molar-refractivity contribution >= 4 is 43.7 Å². The van der Waals surface area contributed by atoms with Gasteiger partial charge in [0.1, 0.15) is 0 Å². The lowest BCUT2D eigenvalue weighted by Gasteiger charge is -2.34. The molecule has 0 aromatic heterocycles. The molecule has 44 heavy (non-hydrogen) atoms. The van der Waals surface area contributed by atoms with Crippen molar-refractivity contribution in [2.45, 2.75) is 5.41 Å². The van der Waals surface area contributed by atoms with Crippen molar-refractivity contribution in [2.24, 2.45) is 0 Å². The molecule has 0 unspecified atom stereocenters. The Morgan fingerprint density at radius 1 is 0.318 bits per heavy atom. The SMILES string of the molecule is c1ccc(C2(c3ccccc3)c3ccccc3-c3ccc(Nc4ccc5c6ccccc6c6ccccc6c5c4)cc32)cc1. The highest BCUT2D eigenvalue weighted by atomic mass is 14.9. The first kappa shape index (κ1) is 24.9. The Kier molecular flexibility index (Phi) is 5.48. The van der Waals surface area contributed by atoms with Gasteiger partial charge in [0.25, 0.3) is 0 Å². The molecule has 206 valence electrons. The predicted molar refractivity (Wildman–Crippen MR) is 186 cm³/mol. The quantitative estimate of drug-likeness (QED) is 0.212. The lowest BCUT2D eigenvalue weighted by Crippen LogP contribution is -2.28. The Labute approximate surface area is 257 Å². The van der Waals surface area contributed by atoms with Crippen molar-refractivity contribution in [3.8, 4) is 11.1 Å².